The first kappa shape index (κ1) is 21.7. The van der Waals surface area contributed by atoms with Crippen LogP contribution in [-0.2, 0) is 0 Å². The second kappa shape index (κ2) is 9.72. The molecule has 3 aromatic rings. The summed E-state index contributed by atoms with van der Waals surface area (Å²) in [4.78, 5) is 11.6. The number of hydrogen-bond acceptors (Lipinski definition) is 7. The summed E-state index contributed by atoms with van der Waals surface area (Å²) in [5.74, 6) is 3.12. The van der Waals surface area contributed by atoms with Gasteiger partial charge in [-0.25, -0.2) is 4.39 Å². The lowest BCUT2D eigenvalue weighted by molar-refractivity contribution is 0.386. The minimum Gasteiger partial charge on any atom is -0.497 e. The summed E-state index contributed by atoms with van der Waals surface area (Å²) >= 11 is 0. The zero-order chi connectivity index (χ0) is 22.5. The summed E-state index contributed by atoms with van der Waals surface area (Å²) in [7, 11) is 3.08. The number of nitrogens with one attached hydrogen (secondary N) is 2. The smallest absolute Gasteiger partial charge is 0.231 e. The van der Waals surface area contributed by atoms with E-state index in [1.165, 1.54) is 13.2 Å². The van der Waals surface area contributed by atoms with Crippen LogP contribution in [0, 0.1) is 11.7 Å². The molecule has 1 aromatic heterocycles. The maximum Gasteiger partial charge on any atom is 0.231 e. The predicted octanol–water partition coefficient (Wildman–Crippen LogP) is 5.36. The highest BCUT2D eigenvalue weighted by atomic mass is 19.1. The Kier molecular flexibility index (Phi) is 6.58. The molecule has 1 fully saturated rings. The van der Waals surface area contributed by atoms with Crippen molar-refractivity contribution in [3.05, 3.63) is 54.3 Å². The quantitative estimate of drug-likeness (QED) is 0.516. The average Bonchev–Trinajstić information content (AvgIpc) is 2.80. The molecule has 0 bridgehead atoms. The molecule has 32 heavy (non-hydrogen) atoms. The monoisotopic (exact) mass is 437 g/mol. The van der Waals surface area contributed by atoms with Gasteiger partial charge in [0.2, 0.25) is 5.95 Å². The van der Waals surface area contributed by atoms with E-state index < -0.39 is 5.82 Å². The molecule has 0 saturated carbocycles. The second-order valence-corrected chi connectivity index (χ2v) is 7.93. The number of ether oxygens (including phenoxy) is 2. The van der Waals surface area contributed by atoms with Crippen molar-refractivity contribution in [2.24, 2.45) is 5.92 Å². The van der Waals surface area contributed by atoms with Crippen molar-refractivity contribution in [2.75, 3.05) is 42.8 Å². The summed E-state index contributed by atoms with van der Waals surface area (Å²) in [6.45, 7) is 4.16. The Labute approximate surface area is 187 Å². The lowest BCUT2D eigenvalue weighted by Crippen LogP contribution is -2.33. The Balaban J connectivity index is 1.62. The normalized spacial score (nSPS) is 14.2. The number of rotatable bonds is 7. The summed E-state index contributed by atoms with van der Waals surface area (Å²) < 4.78 is 24.4. The van der Waals surface area contributed by atoms with E-state index in [2.05, 4.69) is 27.4 Å². The first-order chi connectivity index (χ1) is 15.5. The van der Waals surface area contributed by atoms with E-state index in [0.29, 0.717) is 23.4 Å². The molecule has 0 atom stereocenters. The van der Waals surface area contributed by atoms with Crippen molar-refractivity contribution >= 4 is 29.0 Å². The molecule has 168 valence electrons. The van der Waals surface area contributed by atoms with Gasteiger partial charge >= 0.3 is 0 Å². The molecular weight excluding hydrogens is 409 g/mol. The van der Waals surface area contributed by atoms with Gasteiger partial charge in [0, 0.05) is 36.6 Å². The first-order valence-corrected chi connectivity index (χ1v) is 10.7. The Bertz CT molecular complexity index is 1050. The van der Waals surface area contributed by atoms with Gasteiger partial charge in [-0.15, -0.1) is 0 Å². The first-order valence-electron chi connectivity index (χ1n) is 10.7. The molecule has 2 N–H and O–H groups in total. The fraction of sp³-hybridized carbons (Fsp3) is 0.333. The molecular formula is C24H28FN5O2. The van der Waals surface area contributed by atoms with Crippen LogP contribution in [0.1, 0.15) is 19.8 Å². The van der Waals surface area contributed by atoms with E-state index in [9.17, 15) is 4.39 Å². The van der Waals surface area contributed by atoms with Crippen LogP contribution < -0.4 is 25.0 Å². The van der Waals surface area contributed by atoms with Gasteiger partial charge in [-0.05, 0) is 55.2 Å². The minimum atomic E-state index is -0.437. The van der Waals surface area contributed by atoms with Crippen molar-refractivity contribution in [3.8, 4) is 11.5 Å². The summed E-state index contributed by atoms with van der Waals surface area (Å²) in [5, 5.41) is 6.46. The number of hydrogen-bond donors (Lipinski definition) is 2. The topological polar surface area (TPSA) is 71.5 Å². The molecule has 4 rings (SSSR count). The van der Waals surface area contributed by atoms with Gasteiger partial charge in [0.05, 0.1) is 14.2 Å². The van der Waals surface area contributed by atoms with Crippen LogP contribution in [0.5, 0.6) is 11.5 Å². The van der Waals surface area contributed by atoms with Crippen molar-refractivity contribution < 1.29 is 13.9 Å². The number of nitrogens with zero attached hydrogens (tertiary/aromatic N) is 3. The summed E-state index contributed by atoms with van der Waals surface area (Å²) in [6, 6.07) is 14.2. The molecule has 1 saturated heterocycles. The van der Waals surface area contributed by atoms with Crippen LogP contribution in [-0.4, -0.2) is 37.3 Å². The Morgan fingerprint density at radius 2 is 1.62 bits per heavy atom. The summed E-state index contributed by atoms with van der Waals surface area (Å²) in [5.41, 5.74) is 1.42. The van der Waals surface area contributed by atoms with E-state index in [0.717, 1.165) is 43.2 Å². The molecule has 7 nitrogen and oxygen atoms in total. The number of piperidine rings is 1. The van der Waals surface area contributed by atoms with Gasteiger partial charge in [-0.2, -0.15) is 9.97 Å². The maximum absolute atomic E-state index is 14.2. The third-order valence-corrected chi connectivity index (χ3v) is 5.59. The number of anilines is 5. The molecule has 0 aliphatic carbocycles. The van der Waals surface area contributed by atoms with Gasteiger partial charge in [0.25, 0.3) is 0 Å². The van der Waals surface area contributed by atoms with Crippen molar-refractivity contribution in [2.45, 2.75) is 19.8 Å². The Morgan fingerprint density at radius 3 is 2.28 bits per heavy atom. The molecule has 0 radical (unpaired) electrons. The maximum atomic E-state index is 14.2. The second-order valence-electron chi connectivity index (χ2n) is 7.93. The van der Waals surface area contributed by atoms with Crippen LogP contribution in [0.15, 0.2) is 48.5 Å². The number of aromatic nitrogens is 2. The van der Waals surface area contributed by atoms with Gasteiger partial charge in [-0.1, -0.05) is 6.92 Å². The third-order valence-electron chi connectivity index (χ3n) is 5.59. The summed E-state index contributed by atoms with van der Waals surface area (Å²) in [6.07, 6.45) is 2.25. The molecule has 2 aromatic carbocycles. The minimum absolute atomic E-state index is 0.197. The van der Waals surface area contributed by atoms with Crippen LogP contribution in [0.3, 0.4) is 0 Å². The number of benzene rings is 2. The van der Waals surface area contributed by atoms with Crippen molar-refractivity contribution in [3.63, 3.8) is 0 Å². The fourth-order valence-corrected chi connectivity index (χ4v) is 3.65. The van der Waals surface area contributed by atoms with Gasteiger partial charge in [0.15, 0.2) is 11.6 Å². The highest BCUT2D eigenvalue weighted by Crippen LogP contribution is 2.28. The zero-order valence-electron chi connectivity index (χ0n) is 18.6. The third kappa shape index (κ3) is 5.19. The van der Waals surface area contributed by atoms with Gasteiger partial charge in [0.1, 0.15) is 17.4 Å². The number of methoxy groups -OCH3 is 2. The lowest BCUT2D eigenvalue weighted by atomic mass is 9.99. The molecule has 0 spiro atoms. The molecule has 0 amide bonds. The average molecular weight is 438 g/mol. The van der Waals surface area contributed by atoms with Crippen LogP contribution in [0.2, 0.25) is 0 Å². The van der Waals surface area contributed by atoms with E-state index >= 15 is 0 Å². The Hall–Kier alpha value is -3.55. The van der Waals surface area contributed by atoms with Crippen LogP contribution in [0.25, 0.3) is 0 Å². The van der Waals surface area contributed by atoms with Gasteiger partial charge in [-0.3, -0.25) is 0 Å². The molecule has 2 heterocycles. The molecule has 0 unspecified atom stereocenters. The highest BCUT2D eigenvalue weighted by Gasteiger charge is 2.19. The molecule has 8 heteroatoms. The zero-order valence-corrected chi connectivity index (χ0v) is 18.6. The van der Waals surface area contributed by atoms with E-state index in [1.807, 2.05) is 30.3 Å². The van der Waals surface area contributed by atoms with E-state index in [-0.39, 0.29) is 5.75 Å². The van der Waals surface area contributed by atoms with Crippen molar-refractivity contribution in [1.82, 2.24) is 9.97 Å². The Morgan fingerprint density at radius 1 is 0.906 bits per heavy atom. The standard InChI is InChI=1S/C24H28FN5O2/c1-16-10-12-30(13-11-16)23-15-22(26-18-6-9-21(32-3)20(25)14-18)28-24(29-23)27-17-4-7-19(31-2)8-5-17/h4-9,14-16H,10-13H2,1-3H3,(H2,26,27,28,29). The number of halogens is 1. The largest absolute Gasteiger partial charge is 0.497 e. The lowest BCUT2D eigenvalue weighted by Gasteiger charge is -2.31. The molecule has 1 aliphatic rings. The predicted molar refractivity (Wildman–Crippen MR) is 125 cm³/mol. The van der Waals surface area contributed by atoms with Crippen LogP contribution in [0.4, 0.5) is 33.3 Å². The highest BCUT2D eigenvalue weighted by molar-refractivity contribution is 5.65. The fourth-order valence-electron chi connectivity index (χ4n) is 3.65. The van der Waals surface area contributed by atoms with Crippen molar-refractivity contribution in [1.29, 1.82) is 0 Å². The molecule has 1 aliphatic heterocycles. The van der Waals surface area contributed by atoms with Gasteiger partial charge < -0.3 is 25.0 Å². The van der Waals surface area contributed by atoms with E-state index in [4.69, 9.17) is 14.5 Å². The van der Waals surface area contributed by atoms with Crippen LogP contribution >= 0.6 is 0 Å². The SMILES string of the molecule is COc1ccc(Nc2nc(Nc3ccc(OC)c(F)c3)cc(N3CCC(C)CC3)n2)cc1. The van der Waals surface area contributed by atoms with E-state index in [1.54, 1.807) is 19.2 Å².